The average Bonchev–Trinajstić information content (AvgIpc) is 2.77. The molecule has 0 fully saturated rings. The van der Waals surface area contributed by atoms with Crippen molar-refractivity contribution in [2.75, 3.05) is 16.2 Å². The van der Waals surface area contributed by atoms with Gasteiger partial charge in [0.1, 0.15) is 5.75 Å². The lowest BCUT2D eigenvalue weighted by Gasteiger charge is -2.23. The quantitative estimate of drug-likeness (QED) is 0.406. The van der Waals surface area contributed by atoms with Crippen LogP contribution in [0, 0.1) is 13.8 Å². The first-order valence-corrected chi connectivity index (χ1v) is 12.8. The van der Waals surface area contributed by atoms with Gasteiger partial charge in [-0.05, 0) is 87.4 Å². The van der Waals surface area contributed by atoms with E-state index in [1.807, 2.05) is 32.0 Å². The second kappa shape index (κ2) is 10.4. The maximum absolute atomic E-state index is 13.1. The summed E-state index contributed by atoms with van der Waals surface area (Å²) in [5.74, 6) is 0.342. The van der Waals surface area contributed by atoms with Gasteiger partial charge in [-0.1, -0.05) is 34.1 Å². The number of nitrogens with zero attached hydrogens (tertiary/aromatic N) is 1. The Bertz CT molecular complexity index is 1210. The SMILES string of the molecule is CCN(c1ccccc1)S(=O)(=O)c1ccc(NC(=O)C(C)Oc2c(C)cc(Br)cc2C)cc1. The molecule has 0 bridgehead atoms. The summed E-state index contributed by atoms with van der Waals surface area (Å²) >= 11 is 3.45. The molecule has 0 heterocycles. The molecular formula is C25H27BrN2O4S. The van der Waals surface area contributed by atoms with Gasteiger partial charge in [-0.15, -0.1) is 0 Å². The highest BCUT2D eigenvalue weighted by molar-refractivity contribution is 9.10. The Morgan fingerprint density at radius 1 is 1.03 bits per heavy atom. The summed E-state index contributed by atoms with van der Waals surface area (Å²) in [5.41, 5.74) is 2.94. The van der Waals surface area contributed by atoms with Gasteiger partial charge in [-0.25, -0.2) is 8.42 Å². The highest BCUT2D eigenvalue weighted by Gasteiger charge is 2.24. The number of nitrogens with one attached hydrogen (secondary N) is 1. The molecule has 1 N–H and O–H groups in total. The molecule has 0 aromatic heterocycles. The first-order chi connectivity index (χ1) is 15.6. The van der Waals surface area contributed by atoms with Gasteiger partial charge in [0.2, 0.25) is 0 Å². The van der Waals surface area contributed by atoms with Crippen molar-refractivity contribution in [3.05, 3.63) is 82.3 Å². The summed E-state index contributed by atoms with van der Waals surface area (Å²) in [6.07, 6.45) is -0.736. The zero-order valence-corrected chi connectivity index (χ0v) is 21.4. The van der Waals surface area contributed by atoms with E-state index in [2.05, 4.69) is 21.2 Å². The number of aryl methyl sites for hydroxylation is 2. The van der Waals surface area contributed by atoms with Gasteiger partial charge in [0.15, 0.2) is 6.10 Å². The first-order valence-electron chi connectivity index (χ1n) is 10.6. The lowest BCUT2D eigenvalue weighted by atomic mass is 10.1. The number of amides is 1. The fourth-order valence-electron chi connectivity index (χ4n) is 3.48. The van der Waals surface area contributed by atoms with Crippen LogP contribution in [0.15, 0.2) is 76.1 Å². The Morgan fingerprint density at radius 2 is 1.61 bits per heavy atom. The zero-order valence-electron chi connectivity index (χ0n) is 19.0. The largest absolute Gasteiger partial charge is 0.480 e. The molecule has 3 aromatic carbocycles. The van der Waals surface area contributed by atoms with Crippen LogP contribution in [0.2, 0.25) is 0 Å². The highest BCUT2D eigenvalue weighted by atomic mass is 79.9. The van der Waals surface area contributed by atoms with E-state index in [1.54, 1.807) is 50.2 Å². The van der Waals surface area contributed by atoms with E-state index in [1.165, 1.54) is 16.4 Å². The summed E-state index contributed by atoms with van der Waals surface area (Å²) in [4.78, 5) is 12.8. The van der Waals surface area contributed by atoms with Crippen LogP contribution in [0.5, 0.6) is 5.75 Å². The molecule has 174 valence electrons. The van der Waals surface area contributed by atoms with Gasteiger partial charge < -0.3 is 10.1 Å². The second-order valence-corrected chi connectivity index (χ2v) is 10.4. The number of benzene rings is 3. The molecule has 0 aliphatic heterocycles. The molecule has 1 unspecified atom stereocenters. The number of para-hydroxylation sites is 1. The predicted molar refractivity (Wildman–Crippen MR) is 135 cm³/mol. The van der Waals surface area contributed by atoms with E-state index in [-0.39, 0.29) is 10.8 Å². The van der Waals surface area contributed by atoms with Crippen molar-refractivity contribution in [2.45, 2.75) is 38.7 Å². The number of carbonyl (C=O) groups excluding carboxylic acids is 1. The Hall–Kier alpha value is -2.84. The number of anilines is 2. The molecule has 0 aliphatic rings. The Balaban J connectivity index is 1.72. The maximum atomic E-state index is 13.1. The van der Waals surface area contributed by atoms with Gasteiger partial charge in [0.25, 0.3) is 15.9 Å². The Labute approximate surface area is 203 Å². The number of ether oxygens (including phenoxy) is 1. The number of sulfonamides is 1. The van der Waals surface area contributed by atoms with Crippen molar-refractivity contribution < 1.29 is 17.9 Å². The van der Waals surface area contributed by atoms with Crippen molar-refractivity contribution in [3.63, 3.8) is 0 Å². The third-order valence-electron chi connectivity index (χ3n) is 5.13. The van der Waals surface area contributed by atoms with Crippen molar-refractivity contribution in [1.29, 1.82) is 0 Å². The number of hydrogen-bond acceptors (Lipinski definition) is 4. The monoisotopic (exact) mass is 530 g/mol. The van der Waals surface area contributed by atoms with E-state index < -0.39 is 16.1 Å². The van der Waals surface area contributed by atoms with Gasteiger partial charge in [-0.3, -0.25) is 9.10 Å². The van der Waals surface area contributed by atoms with Gasteiger partial charge in [0.05, 0.1) is 10.6 Å². The molecule has 33 heavy (non-hydrogen) atoms. The van der Waals surface area contributed by atoms with E-state index >= 15 is 0 Å². The highest BCUT2D eigenvalue weighted by Crippen LogP contribution is 2.28. The van der Waals surface area contributed by atoms with Gasteiger partial charge >= 0.3 is 0 Å². The minimum atomic E-state index is -3.73. The smallest absolute Gasteiger partial charge is 0.265 e. The van der Waals surface area contributed by atoms with Gasteiger partial charge in [0, 0.05) is 16.7 Å². The molecule has 0 radical (unpaired) electrons. The molecule has 0 spiro atoms. The van der Waals surface area contributed by atoms with Crippen LogP contribution in [0.4, 0.5) is 11.4 Å². The van der Waals surface area contributed by atoms with Crippen LogP contribution >= 0.6 is 15.9 Å². The summed E-state index contributed by atoms with van der Waals surface area (Å²) in [7, 11) is -3.73. The minimum absolute atomic E-state index is 0.150. The molecule has 3 aromatic rings. The Kier molecular flexibility index (Phi) is 7.81. The third kappa shape index (κ3) is 5.75. The van der Waals surface area contributed by atoms with Crippen LogP contribution in [-0.2, 0) is 14.8 Å². The number of rotatable bonds is 8. The topological polar surface area (TPSA) is 75.7 Å². The first kappa shape index (κ1) is 24.8. The standard InChI is InChI=1S/C25H27BrN2O4S/c1-5-28(22-9-7-6-8-10-22)33(30,31)23-13-11-21(12-14-23)27-25(29)19(4)32-24-17(2)15-20(26)16-18(24)3/h6-16,19H,5H2,1-4H3,(H,27,29). The molecule has 1 atom stereocenters. The summed E-state index contributed by atoms with van der Waals surface area (Å²) in [6.45, 7) is 7.61. The van der Waals surface area contributed by atoms with Gasteiger partial charge in [-0.2, -0.15) is 0 Å². The third-order valence-corrected chi connectivity index (χ3v) is 7.51. The molecule has 0 aliphatic carbocycles. The van der Waals surface area contributed by atoms with Crippen molar-refractivity contribution in [2.24, 2.45) is 0 Å². The normalized spacial score (nSPS) is 12.2. The summed E-state index contributed by atoms with van der Waals surface area (Å²) < 4.78 is 34.4. The van der Waals surface area contributed by atoms with E-state index in [9.17, 15) is 13.2 Å². The summed E-state index contributed by atoms with van der Waals surface area (Å²) in [5, 5.41) is 2.78. The van der Waals surface area contributed by atoms with Crippen molar-refractivity contribution >= 4 is 43.2 Å². The molecule has 6 nitrogen and oxygen atoms in total. The molecule has 8 heteroatoms. The molecule has 0 saturated heterocycles. The molecule has 0 saturated carbocycles. The lowest BCUT2D eigenvalue weighted by molar-refractivity contribution is -0.122. The number of hydrogen-bond donors (Lipinski definition) is 1. The fourth-order valence-corrected chi connectivity index (χ4v) is 5.64. The minimum Gasteiger partial charge on any atom is -0.480 e. The van der Waals surface area contributed by atoms with Crippen LogP contribution < -0.4 is 14.4 Å². The predicted octanol–water partition coefficient (Wildman–Crippen LogP) is 5.69. The second-order valence-electron chi connectivity index (χ2n) is 7.65. The van der Waals surface area contributed by atoms with E-state index in [0.717, 1.165) is 15.6 Å². The molecule has 3 rings (SSSR count). The van der Waals surface area contributed by atoms with Crippen molar-refractivity contribution in [3.8, 4) is 5.75 Å². The molecular weight excluding hydrogens is 504 g/mol. The maximum Gasteiger partial charge on any atom is 0.265 e. The molecule has 1 amide bonds. The Morgan fingerprint density at radius 3 is 2.15 bits per heavy atom. The van der Waals surface area contributed by atoms with E-state index in [4.69, 9.17) is 4.74 Å². The van der Waals surface area contributed by atoms with Crippen LogP contribution in [0.3, 0.4) is 0 Å². The number of carbonyl (C=O) groups is 1. The van der Waals surface area contributed by atoms with E-state index in [0.29, 0.717) is 23.7 Å². The van der Waals surface area contributed by atoms with Crippen LogP contribution in [0.25, 0.3) is 0 Å². The number of halogens is 1. The zero-order chi connectivity index (χ0) is 24.2. The summed E-state index contributed by atoms with van der Waals surface area (Å²) in [6, 6.07) is 18.9. The van der Waals surface area contributed by atoms with Crippen LogP contribution in [-0.4, -0.2) is 27.0 Å². The fraction of sp³-hybridized carbons (Fsp3) is 0.240. The average molecular weight is 531 g/mol. The lowest BCUT2D eigenvalue weighted by Crippen LogP contribution is -2.31. The van der Waals surface area contributed by atoms with Crippen LogP contribution in [0.1, 0.15) is 25.0 Å². The van der Waals surface area contributed by atoms with Crippen molar-refractivity contribution in [1.82, 2.24) is 0 Å².